The number of amides is 1. The predicted molar refractivity (Wildman–Crippen MR) is 61.5 cm³/mol. The van der Waals surface area contributed by atoms with Gasteiger partial charge in [0.05, 0.1) is 18.7 Å². The fraction of sp³-hybridized carbons (Fsp3) is 0.636. The molecule has 0 bridgehead atoms. The van der Waals surface area contributed by atoms with Gasteiger partial charge in [0.25, 0.3) is 0 Å². The third kappa shape index (κ3) is 2.66. The summed E-state index contributed by atoms with van der Waals surface area (Å²) in [7, 11) is 0. The summed E-state index contributed by atoms with van der Waals surface area (Å²) in [5.41, 5.74) is 0. The molecule has 0 spiro atoms. The van der Waals surface area contributed by atoms with E-state index >= 15 is 0 Å². The van der Waals surface area contributed by atoms with Crippen LogP contribution in [0.5, 0.6) is 0 Å². The Morgan fingerprint density at radius 1 is 1.44 bits per heavy atom. The van der Waals surface area contributed by atoms with E-state index in [9.17, 15) is 9.59 Å². The van der Waals surface area contributed by atoms with Crippen molar-refractivity contribution in [1.82, 2.24) is 19.9 Å². The Kier molecular flexibility index (Phi) is 3.59. The number of carbonyl (C=O) groups excluding carboxylic acids is 1. The summed E-state index contributed by atoms with van der Waals surface area (Å²) in [6.45, 7) is 3.17. The van der Waals surface area contributed by atoms with E-state index < -0.39 is 11.9 Å². The topological polar surface area (TPSA) is 88.3 Å². The Labute approximate surface area is 104 Å². The van der Waals surface area contributed by atoms with Crippen molar-refractivity contribution in [3.8, 4) is 0 Å². The number of carboxylic acid groups (broad SMARTS) is 1. The van der Waals surface area contributed by atoms with E-state index in [2.05, 4.69) is 10.3 Å². The second kappa shape index (κ2) is 5.16. The van der Waals surface area contributed by atoms with Crippen LogP contribution in [0.15, 0.2) is 12.4 Å². The quantitative estimate of drug-likeness (QED) is 0.805. The largest absolute Gasteiger partial charge is 0.481 e. The first-order chi connectivity index (χ1) is 8.58. The van der Waals surface area contributed by atoms with Gasteiger partial charge in [-0.25, -0.2) is 0 Å². The zero-order valence-corrected chi connectivity index (χ0v) is 10.2. The van der Waals surface area contributed by atoms with Crippen LogP contribution in [-0.4, -0.2) is 50.0 Å². The smallest absolute Gasteiger partial charge is 0.308 e. The van der Waals surface area contributed by atoms with E-state index in [1.165, 1.54) is 0 Å². The van der Waals surface area contributed by atoms with E-state index in [-0.39, 0.29) is 11.8 Å². The van der Waals surface area contributed by atoms with E-state index in [1.807, 2.05) is 6.92 Å². The maximum atomic E-state index is 11.9. The van der Waals surface area contributed by atoms with Crippen LogP contribution in [0.4, 0.5) is 0 Å². The molecule has 98 valence electrons. The molecule has 2 unspecified atom stereocenters. The Morgan fingerprint density at radius 2 is 2.22 bits per heavy atom. The number of hydrogen-bond acceptors (Lipinski definition) is 4. The fourth-order valence-corrected chi connectivity index (χ4v) is 2.21. The number of aryl methyl sites for hydroxylation is 1. The SMILES string of the molecule is CC1CN(C(=O)CCn2ccnn2)CC1C(=O)O. The lowest BCUT2D eigenvalue weighted by atomic mass is 9.99. The van der Waals surface area contributed by atoms with Crippen molar-refractivity contribution in [1.29, 1.82) is 0 Å². The van der Waals surface area contributed by atoms with E-state index in [0.717, 1.165) is 0 Å². The molecule has 2 rings (SSSR count). The number of hydrogen-bond donors (Lipinski definition) is 1. The van der Waals surface area contributed by atoms with Gasteiger partial charge in [0.1, 0.15) is 0 Å². The summed E-state index contributed by atoms with van der Waals surface area (Å²) in [5, 5.41) is 16.4. The van der Waals surface area contributed by atoms with Crippen molar-refractivity contribution in [2.75, 3.05) is 13.1 Å². The first kappa shape index (κ1) is 12.5. The summed E-state index contributed by atoms with van der Waals surface area (Å²) >= 11 is 0. The van der Waals surface area contributed by atoms with Crippen molar-refractivity contribution in [3.63, 3.8) is 0 Å². The van der Waals surface area contributed by atoms with Crippen molar-refractivity contribution < 1.29 is 14.7 Å². The van der Waals surface area contributed by atoms with Gasteiger partial charge < -0.3 is 10.0 Å². The van der Waals surface area contributed by atoms with Gasteiger partial charge in [-0.3, -0.25) is 14.3 Å². The standard InChI is InChI=1S/C11H16N4O3/c1-8-6-14(7-9(8)11(17)18)10(16)2-4-15-5-3-12-13-15/h3,5,8-9H,2,4,6-7H2,1H3,(H,17,18). The first-order valence-corrected chi connectivity index (χ1v) is 5.92. The van der Waals surface area contributed by atoms with Crippen molar-refractivity contribution in [3.05, 3.63) is 12.4 Å². The Bertz CT molecular complexity index is 432. The highest BCUT2D eigenvalue weighted by atomic mass is 16.4. The van der Waals surface area contributed by atoms with Crippen LogP contribution in [0.2, 0.25) is 0 Å². The molecule has 7 heteroatoms. The molecule has 2 heterocycles. The number of carbonyl (C=O) groups is 2. The summed E-state index contributed by atoms with van der Waals surface area (Å²) in [5.74, 6) is -1.28. The molecule has 0 saturated carbocycles. The molecule has 1 N–H and O–H groups in total. The zero-order valence-electron chi connectivity index (χ0n) is 10.2. The predicted octanol–water partition coefficient (Wildman–Crippen LogP) is -0.153. The summed E-state index contributed by atoms with van der Waals surface area (Å²) < 4.78 is 1.59. The van der Waals surface area contributed by atoms with Gasteiger partial charge in [0, 0.05) is 25.7 Å². The van der Waals surface area contributed by atoms with Gasteiger partial charge in [-0.15, -0.1) is 5.10 Å². The van der Waals surface area contributed by atoms with E-state index in [1.54, 1.807) is 22.0 Å². The molecule has 1 aromatic rings. The second-order valence-electron chi connectivity index (χ2n) is 4.64. The molecule has 1 amide bonds. The molecule has 7 nitrogen and oxygen atoms in total. The van der Waals surface area contributed by atoms with Crippen LogP contribution in [0.3, 0.4) is 0 Å². The summed E-state index contributed by atoms with van der Waals surface area (Å²) in [4.78, 5) is 24.5. The monoisotopic (exact) mass is 252 g/mol. The molecular weight excluding hydrogens is 236 g/mol. The van der Waals surface area contributed by atoms with Crippen LogP contribution in [0.25, 0.3) is 0 Å². The minimum atomic E-state index is -0.825. The van der Waals surface area contributed by atoms with Crippen LogP contribution in [0, 0.1) is 11.8 Å². The minimum Gasteiger partial charge on any atom is -0.481 e. The van der Waals surface area contributed by atoms with Gasteiger partial charge in [-0.1, -0.05) is 12.1 Å². The Balaban J connectivity index is 1.85. The fourth-order valence-electron chi connectivity index (χ4n) is 2.21. The maximum absolute atomic E-state index is 11.9. The molecule has 1 aromatic heterocycles. The highest BCUT2D eigenvalue weighted by Crippen LogP contribution is 2.23. The highest BCUT2D eigenvalue weighted by molar-refractivity contribution is 5.78. The average molecular weight is 252 g/mol. The zero-order chi connectivity index (χ0) is 13.1. The van der Waals surface area contributed by atoms with Crippen LogP contribution >= 0.6 is 0 Å². The molecule has 0 aromatic carbocycles. The number of rotatable bonds is 4. The number of carboxylic acids is 1. The van der Waals surface area contributed by atoms with Gasteiger partial charge in [0.2, 0.25) is 5.91 Å². The van der Waals surface area contributed by atoms with E-state index in [0.29, 0.717) is 26.1 Å². The summed E-state index contributed by atoms with van der Waals surface area (Å²) in [6, 6.07) is 0. The number of nitrogens with zero attached hydrogens (tertiary/aromatic N) is 4. The lowest BCUT2D eigenvalue weighted by molar-refractivity contribution is -0.142. The van der Waals surface area contributed by atoms with Crippen molar-refractivity contribution in [2.24, 2.45) is 11.8 Å². The minimum absolute atomic E-state index is 0.0119. The van der Waals surface area contributed by atoms with E-state index in [4.69, 9.17) is 5.11 Å². The molecule has 2 atom stereocenters. The third-order valence-electron chi connectivity index (χ3n) is 3.31. The lowest BCUT2D eigenvalue weighted by Crippen LogP contribution is -2.30. The number of likely N-dealkylation sites (tertiary alicyclic amines) is 1. The number of aromatic nitrogens is 3. The third-order valence-corrected chi connectivity index (χ3v) is 3.31. The van der Waals surface area contributed by atoms with Gasteiger partial charge in [0.15, 0.2) is 0 Å². The molecular formula is C11H16N4O3. The first-order valence-electron chi connectivity index (χ1n) is 5.92. The Morgan fingerprint density at radius 3 is 2.78 bits per heavy atom. The van der Waals surface area contributed by atoms with Gasteiger partial charge in [-0.05, 0) is 5.92 Å². The van der Waals surface area contributed by atoms with Crippen molar-refractivity contribution >= 4 is 11.9 Å². The molecule has 0 radical (unpaired) electrons. The van der Waals surface area contributed by atoms with Crippen LogP contribution < -0.4 is 0 Å². The lowest BCUT2D eigenvalue weighted by Gasteiger charge is -2.15. The molecule has 1 saturated heterocycles. The number of aliphatic carboxylic acids is 1. The van der Waals surface area contributed by atoms with Gasteiger partial charge in [-0.2, -0.15) is 0 Å². The molecule has 1 fully saturated rings. The average Bonchev–Trinajstić information content (AvgIpc) is 2.94. The Hall–Kier alpha value is -1.92. The molecule has 1 aliphatic heterocycles. The molecule has 1 aliphatic rings. The normalized spacial score (nSPS) is 23.3. The van der Waals surface area contributed by atoms with Gasteiger partial charge >= 0.3 is 5.97 Å². The van der Waals surface area contributed by atoms with Crippen LogP contribution in [-0.2, 0) is 16.1 Å². The summed E-state index contributed by atoms with van der Waals surface area (Å²) in [6.07, 6.45) is 3.57. The maximum Gasteiger partial charge on any atom is 0.308 e. The van der Waals surface area contributed by atoms with Crippen LogP contribution in [0.1, 0.15) is 13.3 Å². The second-order valence-corrected chi connectivity index (χ2v) is 4.64. The van der Waals surface area contributed by atoms with Crippen molar-refractivity contribution in [2.45, 2.75) is 19.9 Å². The molecule has 0 aliphatic carbocycles. The highest BCUT2D eigenvalue weighted by Gasteiger charge is 2.36. The molecule has 18 heavy (non-hydrogen) atoms.